The SMILES string of the molecule is O=c1[nH]c(CNCc2ccc(N3CCCC3)cc2)cs1. The highest BCUT2D eigenvalue weighted by Crippen LogP contribution is 2.20. The molecule has 20 heavy (non-hydrogen) atoms. The standard InChI is InChI=1S/C15H19N3OS/c19-15-17-13(11-20-15)10-16-9-12-3-5-14(6-4-12)18-7-1-2-8-18/h3-6,11,16H,1-2,7-10H2,(H,17,19). The molecule has 0 bridgehead atoms. The summed E-state index contributed by atoms with van der Waals surface area (Å²) in [5.74, 6) is 0. The molecule has 1 aliphatic rings. The first-order chi connectivity index (χ1) is 9.81. The zero-order chi connectivity index (χ0) is 13.8. The van der Waals surface area contributed by atoms with E-state index in [4.69, 9.17) is 0 Å². The lowest BCUT2D eigenvalue weighted by molar-refractivity contribution is 0.681. The Morgan fingerprint density at radius 2 is 1.90 bits per heavy atom. The van der Waals surface area contributed by atoms with Crippen molar-refractivity contribution in [3.63, 3.8) is 0 Å². The van der Waals surface area contributed by atoms with Gasteiger partial charge in [-0.2, -0.15) is 0 Å². The largest absolute Gasteiger partial charge is 0.372 e. The molecule has 0 unspecified atom stereocenters. The van der Waals surface area contributed by atoms with Gasteiger partial charge in [-0.1, -0.05) is 23.5 Å². The molecule has 0 saturated carbocycles. The van der Waals surface area contributed by atoms with Crippen molar-refractivity contribution < 1.29 is 0 Å². The van der Waals surface area contributed by atoms with E-state index in [9.17, 15) is 4.79 Å². The number of aromatic nitrogens is 1. The van der Waals surface area contributed by atoms with E-state index in [2.05, 4.69) is 39.5 Å². The van der Waals surface area contributed by atoms with Crippen LogP contribution in [-0.2, 0) is 13.1 Å². The molecule has 2 aromatic rings. The molecule has 1 saturated heterocycles. The molecule has 1 aliphatic heterocycles. The number of aromatic amines is 1. The molecule has 2 heterocycles. The lowest BCUT2D eigenvalue weighted by atomic mass is 10.2. The van der Waals surface area contributed by atoms with Crippen molar-refractivity contribution in [1.82, 2.24) is 10.3 Å². The summed E-state index contributed by atoms with van der Waals surface area (Å²) in [5, 5.41) is 5.21. The fraction of sp³-hybridized carbons (Fsp3) is 0.400. The summed E-state index contributed by atoms with van der Waals surface area (Å²) in [5.41, 5.74) is 3.55. The monoisotopic (exact) mass is 289 g/mol. The van der Waals surface area contributed by atoms with E-state index in [1.54, 1.807) is 0 Å². The zero-order valence-electron chi connectivity index (χ0n) is 11.4. The normalized spacial score (nSPS) is 14.9. The molecule has 0 radical (unpaired) electrons. The molecule has 1 aromatic carbocycles. The maximum Gasteiger partial charge on any atom is 0.304 e. The first-order valence-corrected chi connectivity index (χ1v) is 7.90. The molecular weight excluding hydrogens is 270 g/mol. The number of thiazole rings is 1. The number of hydrogen-bond donors (Lipinski definition) is 2. The van der Waals surface area contributed by atoms with Gasteiger partial charge >= 0.3 is 4.87 Å². The van der Waals surface area contributed by atoms with Gasteiger partial charge in [0.05, 0.1) is 0 Å². The van der Waals surface area contributed by atoms with Crippen LogP contribution < -0.4 is 15.1 Å². The van der Waals surface area contributed by atoms with Crippen molar-refractivity contribution in [1.29, 1.82) is 0 Å². The van der Waals surface area contributed by atoms with Crippen LogP contribution in [0.15, 0.2) is 34.4 Å². The molecule has 5 heteroatoms. The van der Waals surface area contributed by atoms with Crippen molar-refractivity contribution in [2.75, 3.05) is 18.0 Å². The second-order valence-corrected chi connectivity index (χ2v) is 5.98. The Morgan fingerprint density at radius 1 is 1.15 bits per heavy atom. The Labute approximate surface area is 122 Å². The number of nitrogens with zero attached hydrogens (tertiary/aromatic N) is 1. The van der Waals surface area contributed by atoms with E-state index in [1.165, 1.54) is 48.5 Å². The van der Waals surface area contributed by atoms with Gasteiger partial charge in [0.1, 0.15) is 0 Å². The smallest absolute Gasteiger partial charge is 0.304 e. The van der Waals surface area contributed by atoms with Gasteiger partial charge < -0.3 is 15.2 Å². The Hall–Kier alpha value is -1.59. The van der Waals surface area contributed by atoms with Crippen LogP contribution in [0.3, 0.4) is 0 Å². The van der Waals surface area contributed by atoms with Gasteiger partial charge in [0.15, 0.2) is 0 Å². The summed E-state index contributed by atoms with van der Waals surface area (Å²) in [7, 11) is 0. The lowest BCUT2D eigenvalue weighted by Gasteiger charge is -2.17. The molecule has 0 atom stereocenters. The third-order valence-electron chi connectivity index (χ3n) is 3.62. The second-order valence-electron chi connectivity index (χ2n) is 5.14. The quantitative estimate of drug-likeness (QED) is 0.888. The van der Waals surface area contributed by atoms with E-state index < -0.39 is 0 Å². The van der Waals surface area contributed by atoms with Crippen molar-refractivity contribution in [3.05, 3.63) is 50.6 Å². The third-order valence-corrected chi connectivity index (χ3v) is 4.34. The van der Waals surface area contributed by atoms with Gasteiger partial charge in [-0.15, -0.1) is 0 Å². The molecule has 3 rings (SSSR count). The van der Waals surface area contributed by atoms with Crippen LogP contribution in [0.2, 0.25) is 0 Å². The average Bonchev–Trinajstić information content (AvgIpc) is 3.11. The Bertz CT molecular complexity index is 596. The Kier molecular flexibility index (Phi) is 4.18. The fourth-order valence-corrected chi connectivity index (χ4v) is 3.12. The van der Waals surface area contributed by atoms with Crippen molar-refractivity contribution in [2.24, 2.45) is 0 Å². The summed E-state index contributed by atoms with van der Waals surface area (Å²) in [4.78, 5) is 16.3. The van der Waals surface area contributed by atoms with Gasteiger partial charge in [-0.25, -0.2) is 0 Å². The highest BCUT2D eigenvalue weighted by Gasteiger charge is 2.11. The van der Waals surface area contributed by atoms with Gasteiger partial charge in [0.2, 0.25) is 0 Å². The number of anilines is 1. The number of rotatable bonds is 5. The molecule has 106 valence electrons. The van der Waals surface area contributed by atoms with Crippen LogP contribution in [0.4, 0.5) is 5.69 Å². The summed E-state index contributed by atoms with van der Waals surface area (Å²) >= 11 is 1.21. The van der Waals surface area contributed by atoms with Crippen LogP contribution in [0.25, 0.3) is 0 Å². The van der Waals surface area contributed by atoms with Crippen LogP contribution in [0.1, 0.15) is 24.1 Å². The molecule has 0 spiro atoms. The molecule has 0 amide bonds. The average molecular weight is 289 g/mol. The van der Waals surface area contributed by atoms with Crippen molar-refractivity contribution in [3.8, 4) is 0 Å². The molecule has 0 aliphatic carbocycles. The number of H-pyrrole nitrogens is 1. The Balaban J connectivity index is 1.51. The highest BCUT2D eigenvalue weighted by molar-refractivity contribution is 7.07. The maximum absolute atomic E-state index is 11.0. The first-order valence-electron chi connectivity index (χ1n) is 7.02. The minimum Gasteiger partial charge on any atom is -0.372 e. The highest BCUT2D eigenvalue weighted by atomic mass is 32.1. The van der Waals surface area contributed by atoms with E-state index in [0.29, 0.717) is 6.54 Å². The van der Waals surface area contributed by atoms with E-state index in [-0.39, 0.29) is 4.87 Å². The van der Waals surface area contributed by atoms with Crippen LogP contribution in [-0.4, -0.2) is 18.1 Å². The van der Waals surface area contributed by atoms with Crippen LogP contribution in [0.5, 0.6) is 0 Å². The number of hydrogen-bond acceptors (Lipinski definition) is 4. The summed E-state index contributed by atoms with van der Waals surface area (Å²) < 4.78 is 0. The summed E-state index contributed by atoms with van der Waals surface area (Å²) in [6, 6.07) is 8.76. The maximum atomic E-state index is 11.0. The predicted octanol–water partition coefficient (Wildman–Crippen LogP) is 2.33. The Morgan fingerprint density at radius 3 is 2.55 bits per heavy atom. The van der Waals surface area contributed by atoms with Gasteiger partial charge in [0, 0.05) is 42.9 Å². The molecule has 1 fully saturated rings. The summed E-state index contributed by atoms with van der Waals surface area (Å²) in [6.07, 6.45) is 2.62. The first kappa shape index (κ1) is 13.4. The second kappa shape index (κ2) is 6.24. The van der Waals surface area contributed by atoms with Crippen molar-refractivity contribution >= 4 is 17.0 Å². The predicted molar refractivity (Wildman–Crippen MR) is 83.4 cm³/mol. The minimum atomic E-state index is 0.0109. The topological polar surface area (TPSA) is 48.1 Å². The minimum absolute atomic E-state index is 0.0109. The summed E-state index contributed by atoms with van der Waals surface area (Å²) in [6.45, 7) is 3.89. The molecular formula is C15H19N3OS. The zero-order valence-corrected chi connectivity index (χ0v) is 12.2. The molecule has 2 N–H and O–H groups in total. The van der Waals surface area contributed by atoms with Gasteiger partial charge in [-0.3, -0.25) is 4.79 Å². The van der Waals surface area contributed by atoms with E-state index in [0.717, 1.165) is 12.2 Å². The molecule has 1 aromatic heterocycles. The third kappa shape index (κ3) is 3.29. The van der Waals surface area contributed by atoms with Gasteiger partial charge in [0.25, 0.3) is 0 Å². The van der Waals surface area contributed by atoms with Gasteiger partial charge in [-0.05, 0) is 30.5 Å². The van der Waals surface area contributed by atoms with E-state index >= 15 is 0 Å². The fourth-order valence-electron chi connectivity index (χ4n) is 2.54. The van der Waals surface area contributed by atoms with Crippen molar-refractivity contribution in [2.45, 2.75) is 25.9 Å². The van der Waals surface area contributed by atoms with Crippen LogP contribution >= 0.6 is 11.3 Å². The molecule has 4 nitrogen and oxygen atoms in total. The number of nitrogens with one attached hydrogen (secondary N) is 2. The van der Waals surface area contributed by atoms with E-state index in [1.807, 2.05) is 5.38 Å². The number of benzene rings is 1. The lowest BCUT2D eigenvalue weighted by Crippen LogP contribution is -2.17. The van der Waals surface area contributed by atoms with Crippen LogP contribution in [0, 0.1) is 0 Å².